The van der Waals surface area contributed by atoms with Crippen LogP contribution in [0.4, 0.5) is 5.69 Å². The first-order chi connectivity index (χ1) is 8.24. The Morgan fingerprint density at radius 2 is 2.12 bits per heavy atom. The molecule has 0 aliphatic rings. The largest absolute Gasteiger partial charge is 0.494 e. The third-order valence-electron chi connectivity index (χ3n) is 2.42. The molecule has 0 unspecified atom stereocenters. The van der Waals surface area contributed by atoms with E-state index in [-0.39, 0.29) is 5.78 Å². The van der Waals surface area contributed by atoms with Crippen LogP contribution >= 0.6 is 0 Å². The van der Waals surface area contributed by atoms with Crippen LogP contribution in [0.3, 0.4) is 0 Å². The second-order valence-corrected chi connectivity index (χ2v) is 3.50. The summed E-state index contributed by atoms with van der Waals surface area (Å²) in [7, 11) is 1.49. The number of methoxy groups -OCH3 is 1. The summed E-state index contributed by atoms with van der Waals surface area (Å²) < 4.78 is 5.15. The molecule has 1 aromatic carbocycles. The van der Waals surface area contributed by atoms with Gasteiger partial charge in [0.1, 0.15) is 0 Å². The number of carbonyl (C=O) groups is 1. The summed E-state index contributed by atoms with van der Waals surface area (Å²) in [6.07, 6.45) is 3.14. The maximum absolute atomic E-state index is 12.2. The van der Waals surface area contributed by atoms with Gasteiger partial charge in [-0.1, -0.05) is 6.07 Å². The number of nitrogen functional groups attached to an aromatic ring is 1. The minimum Gasteiger partial charge on any atom is -0.494 e. The second-order valence-electron chi connectivity index (χ2n) is 3.50. The fourth-order valence-corrected chi connectivity index (χ4v) is 1.61. The van der Waals surface area contributed by atoms with E-state index in [2.05, 4.69) is 4.98 Å². The van der Waals surface area contributed by atoms with Gasteiger partial charge in [-0.15, -0.1) is 0 Å². The lowest BCUT2D eigenvalue weighted by Crippen LogP contribution is -2.06. The Bertz CT molecular complexity index is 538. The van der Waals surface area contributed by atoms with Crippen molar-refractivity contribution < 1.29 is 9.53 Å². The number of anilines is 1. The predicted molar refractivity (Wildman–Crippen MR) is 65.1 cm³/mol. The lowest BCUT2D eigenvalue weighted by atomic mass is 10.0. The molecule has 0 bridgehead atoms. The molecule has 0 amide bonds. The van der Waals surface area contributed by atoms with E-state index in [0.29, 0.717) is 22.6 Å². The molecule has 0 aliphatic heterocycles. The molecule has 1 heterocycles. The van der Waals surface area contributed by atoms with Crippen molar-refractivity contribution in [3.8, 4) is 5.75 Å². The Balaban J connectivity index is 2.48. The van der Waals surface area contributed by atoms with Gasteiger partial charge in [-0.2, -0.15) is 0 Å². The van der Waals surface area contributed by atoms with Gasteiger partial charge in [-0.3, -0.25) is 9.78 Å². The highest BCUT2D eigenvalue weighted by molar-refractivity contribution is 6.11. The average Bonchev–Trinajstić information content (AvgIpc) is 2.38. The van der Waals surface area contributed by atoms with E-state index < -0.39 is 0 Å². The number of ketones is 1. The van der Waals surface area contributed by atoms with E-state index in [1.165, 1.54) is 13.3 Å². The van der Waals surface area contributed by atoms with E-state index in [4.69, 9.17) is 10.5 Å². The van der Waals surface area contributed by atoms with E-state index in [1.54, 1.807) is 36.5 Å². The van der Waals surface area contributed by atoms with E-state index >= 15 is 0 Å². The number of nitrogens with zero attached hydrogens (tertiary/aromatic N) is 1. The molecule has 0 spiro atoms. The molecule has 0 aliphatic carbocycles. The van der Waals surface area contributed by atoms with Crippen molar-refractivity contribution in [2.24, 2.45) is 0 Å². The van der Waals surface area contributed by atoms with Crippen LogP contribution in [0.5, 0.6) is 5.75 Å². The number of para-hydroxylation sites is 1. The fraction of sp³-hybridized carbons (Fsp3) is 0.0769. The Morgan fingerprint density at radius 1 is 1.29 bits per heavy atom. The molecule has 2 aromatic rings. The van der Waals surface area contributed by atoms with Crippen LogP contribution in [0.15, 0.2) is 42.7 Å². The number of benzene rings is 1. The van der Waals surface area contributed by atoms with Crippen LogP contribution in [-0.2, 0) is 0 Å². The van der Waals surface area contributed by atoms with Gasteiger partial charge in [0.15, 0.2) is 11.5 Å². The van der Waals surface area contributed by atoms with Gasteiger partial charge in [0.25, 0.3) is 0 Å². The van der Waals surface area contributed by atoms with Gasteiger partial charge in [0.05, 0.1) is 18.4 Å². The smallest absolute Gasteiger partial charge is 0.198 e. The number of ether oxygens (including phenoxy) is 1. The highest BCUT2D eigenvalue weighted by atomic mass is 16.5. The third kappa shape index (κ3) is 2.10. The number of nitrogens with two attached hydrogens (primary N) is 1. The maximum atomic E-state index is 12.2. The van der Waals surface area contributed by atoms with Gasteiger partial charge in [0.2, 0.25) is 0 Å². The quantitative estimate of drug-likeness (QED) is 0.643. The predicted octanol–water partition coefficient (Wildman–Crippen LogP) is 1.90. The summed E-state index contributed by atoms with van der Waals surface area (Å²) in [5, 5.41) is 0. The topological polar surface area (TPSA) is 65.2 Å². The Labute approximate surface area is 99.1 Å². The molecule has 2 N–H and O–H groups in total. The summed E-state index contributed by atoms with van der Waals surface area (Å²) in [6, 6.07) is 8.52. The average molecular weight is 228 g/mol. The highest BCUT2D eigenvalue weighted by Crippen LogP contribution is 2.27. The standard InChI is InChI=1S/C13H12N2O2/c1-17-13-10(5-2-6-11(13)14)12(16)9-4-3-7-15-8-9/h2-8H,14H2,1H3. The van der Waals surface area contributed by atoms with Crippen LogP contribution in [0.25, 0.3) is 0 Å². The second kappa shape index (κ2) is 4.65. The lowest BCUT2D eigenvalue weighted by Gasteiger charge is -2.09. The van der Waals surface area contributed by atoms with Gasteiger partial charge in [-0.05, 0) is 24.3 Å². The third-order valence-corrected chi connectivity index (χ3v) is 2.42. The molecule has 2 rings (SSSR count). The summed E-state index contributed by atoms with van der Waals surface area (Å²) in [6.45, 7) is 0. The van der Waals surface area contributed by atoms with Crippen LogP contribution in [0, 0.1) is 0 Å². The zero-order valence-corrected chi connectivity index (χ0v) is 9.38. The molecule has 0 radical (unpaired) electrons. The molecule has 1 aromatic heterocycles. The normalized spacial score (nSPS) is 9.94. The molecule has 17 heavy (non-hydrogen) atoms. The van der Waals surface area contributed by atoms with Crippen LogP contribution in [0.1, 0.15) is 15.9 Å². The summed E-state index contributed by atoms with van der Waals surface area (Å²) in [5.74, 6) is 0.253. The number of aromatic nitrogens is 1. The number of carbonyl (C=O) groups excluding carboxylic acids is 1. The SMILES string of the molecule is COc1c(N)cccc1C(=O)c1cccnc1. The molecule has 4 heteroatoms. The summed E-state index contributed by atoms with van der Waals surface area (Å²) >= 11 is 0. The van der Waals surface area contributed by atoms with Crippen molar-refractivity contribution >= 4 is 11.5 Å². The number of rotatable bonds is 3. The molecule has 0 atom stereocenters. The molecule has 0 saturated heterocycles. The fourth-order valence-electron chi connectivity index (χ4n) is 1.61. The Morgan fingerprint density at radius 3 is 2.76 bits per heavy atom. The number of pyridine rings is 1. The maximum Gasteiger partial charge on any atom is 0.198 e. The Kier molecular flexibility index (Phi) is 3.05. The zero-order valence-electron chi connectivity index (χ0n) is 9.38. The number of hydrogen-bond donors (Lipinski definition) is 1. The van der Waals surface area contributed by atoms with E-state index in [1.807, 2.05) is 0 Å². The van der Waals surface area contributed by atoms with Crippen molar-refractivity contribution in [1.82, 2.24) is 4.98 Å². The monoisotopic (exact) mass is 228 g/mol. The van der Waals surface area contributed by atoms with Crippen LogP contribution in [0.2, 0.25) is 0 Å². The van der Waals surface area contributed by atoms with Crippen molar-refractivity contribution in [1.29, 1.82) is 0 Å². The van der Waals surface area contributed by atoms with Crippen LogP contribution in [-0.4, -0.2) is 17.9 Å². The molecule has 0 fully saturated rings. The lowest BCUT2D eigenvalue weighted by molar-refractivity contribution is 0.103. The first-order valence-corrected chi connectivity index (χ1v) is 5.11. The molecular formula is C13H12N2O2. The molecule has 86 valence electrons. The summed E-state index contributed by atoms with van der Waals surface area (Å²) in [4.78, 5) is 16.1. The molecule has 0 saturated carbocycles. The van der Waals surface area contributed by atoms with Gasteiger partial charge >= 0.3 is 0 Å². The van der Waals surface area contributed by atoms with Crippen LogP contribution < -0.4 is 10.5 Å². The highest BCUT2D eigenvalue weighted by Gasteiger charge is 2.15. The first-order valence-electron chi connectivity index (χ1n) is 5.11. The summed E-state index contributed by atoms with van der Waals surface area (Å²) in [5.41, 5.74) is 7.16. The van der Waals surface area contributed by atoms with Crippen molar-refractivity contribution in [3.63, 3.8) is 0 Å². The number of hydrogen-bond acceptors (Lipinski definition) is 4. The van der Waals surface area contributed by atoms with Gasteiger partial charge < -0.3 is 10.5 Å². The van der Waals surface area contributed by atoms with Crippen molar-refractivity contribution in [2.75, 3.05) is 12.8 Å². The first kappa shape index (κ1) is 11.1. The van der Waals surface area contributed by atoms with Gasteiger partial charge in [0, 0.05) is 18.0 Å². The molecular weight excluding hydrogens is 216 g/mol. The van der Waals surface area contributed by atoms with E-state index in [0.717, 1.165) is 0 Å². The zero-order chi connectivity index (χ0) is 12.3. The minimum absolute atomic E-state index is 0.151. The molecule has 4 nitrogen and oxygen atoms in total. The van der Waals surface area contributed by atoms with E-state index in [9.17, 15) is 4.79 Å². The van der Waals surface area contributed by atoms with Gasteiger partial charge in [-0.25, -0.2) is 0 Å². The Hall–Kier alpha value is -2.36. The minimum atomic E-state index is -0.151. The van der Waals surface area contributed by atoms with Crippen molar-refractivity contribution in [2.45, 2.75) is 0 Å². The van der Waals surface area contributed by atoms with Crippen molar-refractivity contribution in [3.05, 3.63) is 53.9 Å².